The second kappa shape index (κ2) is 6.31. The predicted molar refractivity (Wildman–Crippen MR) is 69.8 cm³/mol. The molecule has 1 aromatic carbocycles. The van der Waals surface area contributed by atoms with Crippen LogP contribution in [-0.4, -0.2) is 22.1 Å². The van der Waals surface area contributed by atoms with Crippen molar-refractivity contribution in [1.29, 1.82) is 0 Å². The van der Waals surface area contributed by atoms with Crippen molar-refractivity contribution in [2.75, 3.05) is 6.54 Å². The van der Waals surface area contributed by atoms with E-state index in [0.29, 0.717) is 6.42 Å². The first-order valence-electron chi connectivity index (χ1n) is 6.18. The van der Waals surface area contributed by atoms with Crippen molar-refractivity contribution in [3.8, 4) is 0 Å². The molecule has 0 saturated carbocycles. The second-order valence-corrected chi connectivity index (χ2v) is 4.45. The summed E-state index contributed by atoms with van der Waals surface area (Å²) in [7, 11) is 0. The molecule has 0 aliphatic rings. The Bertz CT molecular complexity index is 468. The number of halogens is 1. The molecule has 18 heavy (non-hydrogen) atoms. The van der Waals surface area contributed by atoms with Crippen LogP contribution in [0.4, 0.5) is 4.39 Å². The van der Waals surface area contributed by atoms with Crippen molar-refractivity contribution < 1.29 is 4.39 Å². The summed E-state index contributed by atoms with van der Waals surface area (Å²) in [6, 6.07) is 7.19. The van der Waals surface area contributed by atoms with E-state index in [9.17, 15) is 4.39 Å². The van der Waals surface area contributed by atoms with Crippen molar-refractivity contribution in [3.63, 3.8) is 0 Å². The summed E-state index contributed by atoms with van der Waals surface area (Å²) in [6.07, 6.45) is 6.20. The van der Waals surface area contributed by atoms with E-state index < -0.39 is 0 Å². The van der Waals surface area contributed by atoms with Crippen LogP contribution in [0, 0.1) is 5.82 Å². The molecule has 0 fully saturated rings. The molecule has 1 atom stereocenters. The predicted octanol–water partition coefficient (Wildman–Crippen LogP) is 2.24. The van der Waals surface area contributed by atoms with Gasteiger partial charge in [0, 0.05) is 31.5 Å². The third-order valence-electron chi connectivity index (χ3n) is 2.91. The topological polar surface area (TPSA) is 29.9 Å². The molecule has 1 N–H and O–H groups in total. The summed E-state index contributed by atoms with van der Waals surface area (Å²) >= 11 is 0. The molecule has 1 aromatic heterocycles. The first-order chi connectivity index (χ1) is 8.75. The van der Waals surface area contributed by atoms with Gasteiger partial charge in [0.15, 0.2) is 0 Å². The highest BCUT2D eigenvalue weighted by Crippen LogP contribution is 2.08. The lowest BCUT2D eigenvalue weighted by Crippen LogP contribution is -2.31. The lowest BCUT2D eigenvalue weighted by molar-refractivity contribution is 0.501. The van der Waals surface area contributed by atoms with E-state index in [1.807, 2.05) is 22.9 Å². The Labute approximate surface area is 107 Å². The Morgan fingerprint density at radius 1 is 1.39 bits per heavy atom. The molecule has 2 rings (SSSR count). The quantitative estimate of drug-likeness (QED) is 0.848. The molecule has 1 unspecified atom stereocenters. The van der Waals surface area contributed by atoms with Crippen LogP contribution in [0.5, 0.6) is 0 Å². The smallest absolute Gasteiger partial charge is 0.126 e. The van der Waals surface area contributed by atoms with Crippen molar-refractivity contribution in [3.05, 3.63) is 54.4 Å². The standard InChI is InChI=1S/C14H18FN3/c1-12(10-13-4-2-3-5-14(13)15)17-7-9-18-8-6-16-11-18/h2-6,8,11-12,17H,7,9-10H2,1H3. The first kappa shape index (κ1) is 12.8. The average Bonchev–Trinajstić information content (AvgIpc) is 2.85. The minimum atomic E-state index is -0.124. The van der Waals surface area contributed by atoms with Crippen molar-refractivity contribution in [2.24, 2.45) is 0 Å². The number of hydrogen-bond donors (Lipinski definition) is 1. The Kier molecular flexibility index (Phi) is 4.47. The van der Waals surface area contributed by atoms with Crippen LogP contribution in [0.1, 0.15) is 12.5 Å². The molecule has 0 aliphatic heterocycles. The van der Waals surface area contributed by atoms with E-state index in [-0.39, 0.29) is 11.9 Å². The fourth-order valence-corrected chi connectivity index (χ4v) is 1.93. The highest BCUT2D eigenvalue weighted by Gasteiger charge is 2.06. The highest BCUT2D eigenvalue weighted by molar-refractivity contribution is 5.18. The van der Waals surface area contributed by atoms with Crippen LogP contribution < -0.4 is 5.32 Å². The molecule has 0 bridgehead atoms. The normalized spacial score (nSPS) is 12.6. The maximum absolute atomic E-state index is 13.5. The highest BCUT2D eigenvalue weighted by atomic mass is 19.1. The van der Waals surface area contributed by atoms with Crippen LogP contribution in [0.25, 0.3) is 0 Å². The molecule has 0 aliphatic carbocycles. The van der Waals surface area contributed by atoms with Gasteiger partial charge in [-0.2, -0.15) is 0 Å². The van der Waals surface area contributed by atoms with Gasteiger partial charge in [0.25, 0.3) is 0 Å². The summed E-state index contributed by atoms with van der Waals surface area (Å²) in [4.78, 5) is 3.98. The molecular weight excluding hydrogens is 229 g/mol. The van der Waals surface area contributed by atoms with Crippen molar-refractivity contribution >= 4 is 0 Å². The molecule has 1 heterocycles. The summed E-state index contributed by atoms with van der Waals surface area (Å²) < 4.78 is 15.5. The number of rotatable bonds is 6. The largest absolute Gasteiger partial charge is 0.336 e. The lowest BCUT2D eigenvalue weighted by Gasteiger charge is -2.14. The van der Waals surface area contributed by atoms with Gasteiger partial charge in [0.05, 0.1) is 6.33 Å². The molecule has 2 aromatic rings. The van der Waals surface area contributed by atoms with Gasteiger partial charge in [-0.15, -0.1) is 0 Å². The minimum Gasteiger partial charge on any atom is -0.336 e. The van der Waals surface area contributed by atoms with Gasteiger partial charge in [-0.1, -0.05) is 18.2 Å². The second-order valence-electron chi connectivity index (χ2n) is 4.45. The third-order valence-corrected chi connectivity index (χ3v) is 2.91. The van der Waals surface area contributed by atoms with Gasteiger partial charge in [-0.3, -0.25) is 0 Å². The van der Waals surface area contributed by atoms with Gasteiger partial charge in [-0.25, -0.2) is 9.37 Å². The van der Waals surface area contributed by atoms with Gasteiger partial charge in [-0.05, 0) is 25.0 Å². The zero-order valence-electron chi connectivity index (χ0n) is 10.5. The molecule has 3 nitrogen and oxygen atoms in total. The van der Waals surface area contributed by atoms with Gasteiger partial charge < -0.3 is 9.88 Å². The molecule has 96 valence electrons. The minimum absolute atomic E-state index is 0.124. The first-order valence-corrected chi connectivity index (χ1v) is 6.18. The molecule has 0 radical (unpaired) electrons. The molecular formula is C14H18FN3. The summed E-state index contributed by atoms with van der Waals surface area (Å²) in [6.45, 7) is 3.80. The summed E-state index contributed by atoms with van der Waals surface area (Å²) in [5.74, 6) is -0.124. The number of nitrogens with zero attached hydrogens (tertiary/aromatic N) is 2. The summed E-state index contributed by atoms with van der Waals surface area (Å²) in [5, 5.41) is 3.38. The van der Waals surface area contributed by atoms with Crippen molar-refractivity contribution in [2.45, 2.75) is 25.9 Å². The number of aromatic nitrogens is 2. The van der Waals surface area contributed by atoms with Gasteiger partial charge in [0.2, 0.25) is 0 Å². The lowest BCUT2D eigenvalue weighted by atomic mass is 10.1. The Balaban J connectivity index is 1.75. The van der Waals surface area contributed by atoms with Crippen LogP contribution >= 0.6 is 0 Å². The fraction of sp³-hybridized carbons (Fsp3) is 0.357. The number of hydrogen-bond acceptors (Lipinski definition) is 2. The summed E-state index contributed by atoms with van der Waals surface area (Å²) in [5.41, 5.74) is 0.764. The molecule has 0 amide bonds. The third kappa shape index (κ3) is 3.67. The molecule has 0 spiro atoms. The van der Waals surface area contributed by atoms with E-state index in [2.05, 4.69) is 17.2 Å². The Morgan fingerprint density at radius 3 is 2.94 bits per heavy atom. The van der Waals surface area contributed by atoms with Crippen LogP contribution in [-0.2, 0) is 13.0 Å². The zero-order valence-corrected chi connectivity index (χ0v) is 10.5. The van der Waals surface area contributed by atoms with E-state index in [1.54, 1.807) is 18.6 Å². The van der Waals surface area contributed by atoms with Crippen molar-refractivity contribution in [1.82, 2.24) is 14.9 Å². The maximum atomic E-state index is 13.5. The van der Waals surface area contributed by atoms with Crippen LogP contribution in [0.2, 0.25) is 0 Å². The average molecular weight is 247 g/mol. The van der Waals surface area contributed by atoms with Crippen LogP contribution in [0.15, 0.2) is 43.0 Å². The van der Waals surface area contributed by atoms with Gasteiger partial charge >= 0.3 is 0 Å². The zero-order chi connectivity index (χ0) is 12.8. The Morgan fingerprint density at radius 2 is 2.22 bits per heavy atom. The van der Waals surface area contributed by atoms with Crippen LogP contribution in [0.3, 0.4) is 0 Å². The van der Waals surface area contributed by atoms with E-state index in [4.69, 9.17) is 0 Å². The van der Waals surface area contributed by atoms with E-state index in [0.717, 1.165) is 18.7 Å². The fourth-order valence-electron chi connectivity index (χ4n) is 1.93. The molecule has 0 saturated heterocycles. The van der Waals surface area contributed by atoms with E-state index in [1.165, 1.54) is 6.07 Å². The van der Waals surface area contributed by atoms with Gasteiger partial charge in [0.1, 0.15) is 5.82 Å². The number of nitrogens with one attached hydrogen (secondary N) is 1. The monoisotopic (exact) mass is 247 g/mol. The number of benzene rings is 1. The Hall–Kier alpha value is -1.68. The molecule has 4 heteroatoms. The SMILES string of the molecule is CC(Cc1ccccc1F)NCCn1ccnc1. The number of imidazole rings is 1. The maximum Gasteiger partial charge on any atom is 0.126 e. The van der Waals surface area contributed by atoms with E-state index >= 15 is 0 Å².